The maximum Gasteiger partial charge on any atom is 3.00 e. The van der Waals surface area contributed by atoms with Gasteiger partial charge in [0.25, 0.3) is 0 Å². The van der Waals surface area contributed by atoms with Crippen LogP contribution >= 0.6 is 0 Å². The summed E-state index contributed by atoms with van der Waals surface area (Å²) in [6.07, 6.45) is 0. The van der Waals surface area contributed by atoms with E-state index >= 15 is 0 Å². The van der Waals surface area contributed by atoms with Crippen LogP contribution in [0.2, 0.25) is 0 Å². The summed E-state index contributed by atoms with van der Waals surface area (Å²) in [7, 11) is 0. The Labute approximate surface area is 146 Å². The standard InChI is InChI=1S/3C4H8O2.Sm/c3*1-3(2)4(5)6;/h3*3H,1-2H3,(H,5,6);/q;;;+3/p-3. The number of aliphatic carboxylic acids is 3. The molecule has 1 radical (unpaired) electrons. The van der Waals surface area contributed by atoms with E-state index in [9.17, 15) is 29.7 Å². The summed E-state index contributed by atoms with van der Waals surface area (Å²) >= 11 is 0. The molecule has 0 bridgehead atoms. The van der Waals surface area contributed by atoms with Crippen molar-refractivity contribution < 1.29 is 70.1 Å². The van der Waals surface area contributed by atoms with E-state index < -0.39 is 17.9 Å². The minimum Gasteiger partial charge on any atom is -0.550 e. The number of carbonyl (C=O) groups is 3. The molecule has 0 unspecified atom stereocenters. The van der Waals surface area contributed by atoms with Gasteiger partial charge in [0.05, 0.1) is 0 Å². The maximum atomic E-state index is 9.59. The SMILES string of the molecule is CC(C)C(=O)[O-].CC(C)C(=O)[O-].CC(C)C(=O)[O-].[Sm+3]. The molecule has 0 heterocycles. The third-order valence-corrected chi connectivity index (χ3v) is 1.41. The van der Waals surface area contributed by atoms with Crippen LogP contribution in [0.5, 0.6) is 0 Å². The van der Waals surface area contributed by atoms with Gasteiger partial charge in [-0.1, -0.05) is 41.5 Å². The molecule has 0 aromatic heterocycles. The van der Waals surface area contributed by atoms with Gasteiger partial charge < -0.3 is 29.7 Å². The van der Waals surface area contributed by atoms with Gasteiger partial charge in [-0.2, -0.15) is 0 Å². The largest absolute Gasteiger partial charge is 3.00 e. The van der Waals surface area contributed by atoms with Gasteiger partial charge in [0.1, 0.15) is 0 Å². The van der Waals surface area contributed by atoms with Crippen molar-refractivity contribution in [2.24, 2.45) is 17.8 Å². The average molecular weight is 412 g/mol. The van der Waals surface area contributed by atoms with Crippen molar-refractivity contribution in [2.45, 2.75) is 41.5 Å². The molecule has 0 aromatic carbocycles. The van der Waals surface area contributed by atoms with Crippen molar-refractivity contribution in [3.05, 3.63) is 0 Å². The molecule has 0 aliphatic carbocycles. The molecule has 0 rings (SSSR count). The van der Waals surface area contributed by atoms with Gasteiger partial charge in [-0.05, 0) is 17.8 Å². The third-order valence-electron chi connectivity index (χ3n) is 1.41. The molecule has 0 saturated heterocycles. The van der Waals surface area contributed by atoms with Crippen molar-refractivity contribution >= 4 is 17.9 Å². The summed E-state index contributed by atoms with van der Waals surface area (Å²) in [6.45, 7) is 9.47. The van der Waals surface area contributed by atoms with E-state index in [1.165, 1.54) is 0 Å². The monoisotopic (exact) mass is 413 g/mol. The second-order valence-corrected chi connectivity index (χ2v) is 4.42. The molecule has 0 aliphatic heterocycles. The molecule has 6 nitrogen and oxygen atoms in total. The summed E-state index contributed by atoms with van der Waals surface area (Å²) in [5.41, 5.74) is 0. The average Bonchev–Trinajstić information content (AvgIpc) is 2.18. The Morgan fingerprint density at radius 2 is 0.632 bits per heavy atom. The summed E-state index contributed by atoms with van der Waals surface area (Å²) in [5, 5.41) is 28.8. The predicted octanol–water partition coefficient (Wildman–Crippen LogP) is -1.82. The van der Waals surface area contributed by atoms with Gasteiger partial charge >= 0.3 is 40.4 Å². The fourth-order valence-electron chi connectivity index (χ4n) is 0. The number of carbonyl (C=O) groups excluding carboxylic acids is 3. The summed E-state index contributed by atoms with van der Waals surface area (Å²) in [5.74, 6) is -4.00. The van der Waals surface area contributed by atoms with Crippen LogP contribution in [0, 0.1) is 58.1 Å². The normalized spacial score (nSPS) is 8.68. The molecule has 0 aliphatic rings. The Morgan fingerprint density at radius 3 is 0.632 bits per heavy atom. The molecular formula is C12H21O6Sm. The molecule has 0 aromatic rings. The van der Waals surface area contributed by atoms with E-state index in [1.54, 1.807) is 41.5 Å². The summed E-state index contributed by atoms with van der Waals surface area (Å²) in [4.78, 5) is 28.8. The zero-order valence-corrected chi connectivity index (χ0v) is 14.7. The van der Waals surface area contributed by atoms with Gasteiger partial charge in [0.15, 0.2) is 0 Å². The van der Waals surface area contributed by atoms with Crippen LogP contribution in [0.15, 0.2) is 0 Å². The number of hydrogen-bond acceptors (Lipinski definition) is 6. The Morgan fingerprint density at radius 1 is 0.579 bits per heavy atom. The zero-order valence-electron chi connectivity index (χ0n) is 12.1. The van der Waals surface area contributed by atoms with E-state index in [0.717, 1.165) is 0 Å². The van der Waals surface area contributed by atoms with Gasteiger partial charge in [-0.15, -0.1) is 0 Å². The van der Waals surface area contributed by atoms with Gasteiger partial charge in [-0.3, -0.25) is 0 Å². The zero-order chi connectivity index (χ0) is 15.5. The van der Waals surface area contributed by atoms with Crippen LogP contribution in [-0.4, -0.2) is 17.9 Å². The molecule has 0 amide bonds. The Bertz CT molecular complexity index is 218. The molecule has 0 spiro atoms. The Balaban J connectivity index is -0.0000000865. The number of rotatable bonds is 3. The summed E-state index contributed by atoms with van der Waals surface area (Å²) in [6, 6.07) is 0. The molecular weight excluding hydrogens is 390 g/mol. The van der Waals surface area contributed by atoms with E-state index in [2.05, 4.69) is 0 Å². The minimum absolute atomic E-state index is 0. The fraction of sp³-hybridized carbons (Fsp3) is 0.750. The Hall–Kier alpha value is -0.252. The number of hydrogen-bond donors (Lipinski definition) is 0. The van der Waals surface area contributed by atoms with E-state index in [1.807, 2.05) is 0 Å². The first-order chi connectivity index (χ1) is 7.93. The molecule has 7 heteroatoms. The van der Waals surface area contributed by atoms with Crippen molar-refractivity contribution in [3.63, 3.8) is 0 Å². The smallest absolute Gasteiger partial charge is 0.550 e. The molecule has 19 heavy (non-hydrogen) atoms. The molecule has 0 saturated carbocycles. The third kappa shape index (κ3) is 31.9. The topological polar surface area (TPSA) is 120 Å². The van der Waals surface area contributed by atoms with Crippen molar-refractivity contribution in [1.29, 1.82) is 0 Å². The fourth-order valence-corrected chi connectivity index (χ4v) is 0. The first-order valence-corrected chi connectivity index (χ1v) is 5.55. The number of carboxylic acid groups (broad SMARTS) is 3. The van der Waals surface area contributed by atoms with Gasteiger partial charge in [0.2, 0.25) is 0 Å². The summed E-state index contributed by atoms with van der Waals surface area (Å²) < 4.78 is 0. The second-order valence-electron chi connectivity index (χ2n) is 4.42. The predicted molar refractivity (Wildman–Crippen MR) is 59.5 cm³/mol. The van der Waals surface area contributed by atoms with Crippen molar-refractivity contribution in [1.82, 2.24) is 0 Å². The van der Waals surface area contributed by atoms with Crippen LogP contribution in [0.3, 0.4) is 0 Å². The Kier molecular flexibility index (Phi) is 22.6. The maximum absolute atomic E-state index is 9.59. The molecule has 111 valence electrons. The van der Waals surface area contributed by atoms with Crippen molar-refractivity contribution in [2.75, 3.05) is 0 Å². The van der Waals surface area contributed by atoms with Crippen LogP contribution in [0.1, 0.15) is 41.5 Å². The van der Waals surface area contributed by atoms with Crippen LogP contribution in [0.25, 0.3) is 0 Å². The molecule has 0 atom stereocenters. The van der Waals surface area contributed by atoms with Crippen LogP contribution in [0.4, 0.5) is 0 Å². The second kappa shape index (κ2) is 15.8. The number of carboxylic acids is 3. The van der Waals surface area contributed by atoms with E-state index in [0.29, 0.717) is 0 Å². The van der Waals surface area contributed by atoms with Crippen molar-refractivity contribution in [3.8, 4) is 0 Å². The molecule has 0 fully saturated rings. The van der Waals surface area contributed by atoms with E-state index in [4.69, 9.17) is 0 Å². The first kappa shape index (κ1) is 27.2. The molecule has 0 N–H and O–H groups in total. The van der Waals surface area contributed by atoms with Crippen LogP contribution < -0.4 is 15.3 Å². The minimum atomic E-state index is -0.991. The van der Waals surface area contributed by atoms with Gasteiger partial charge in [0, 0.05) is 17.9 Å². The van der Waals surface area contributed by atoms with Gasteiger partial charge in [-0.25, -0.2) is 0 Å². The quantitative estimate of drug-likeness (QED) is 0.539. The first-order valence-electron chi connectivity index (χ1n) is 5.55. The van der Waals surface area contributed by atoms with Crippen LogP contribution in [-0.2, 0) is 14.4 Å². The van der Waals surface area contributed by atoms with E-state index in [-0.39, 0.29) is 58.1 Å².